The summed E-state index contributed by atoms with van der Waals surface area (Å²) < 4.78 is 69.1. The molecule has 2 unspecified atom stereocenters. The zero-order valence-corrected chi connectivity index (χ0v) is 24.6. The lowest BCUT2D eigenvalue weighted by Crippen LogP contribution is -2.41. The number of sulfonamides is 1. The number of nitrogens with zero attached hydrogens (tertiary/aromatic N) is 2. The molecule has 0 aliphatic carbocycles. The number of likely N-dealkylation sites (N-methyl/N-ethyl adjacent to an activating group) is 1. The third-order valence-corrected chi connectivity index (χ3v) is 8.56. The van der Waals surface area contributed by atoms with Gasteiger partial charge < -0.3 is 14.7 Å². The molecule has 0 bridgehead atoms. The number of rotatable bonds is 13. The third-order valence-electron chi connectivity index (χ3n) is 7.31. The topological polar surface area (TPSA) is 99.2 Å². The van der Waals surface area contributed by atoms with Crippen molar-refractivity contribution in [2.75, 3.05) is 50.4 Å². The van der Waals surface area contributed by atoms with Crippen LogP contribution in [0.3, 0.4) is 0 Å². The van der Waals surface area contributed by atoms with Crippen molar-refractivity contribution in [2.45, 2.75) is 30.7 Å². The van der Waals surface area contributed by atoms with Crippen LogP contribution in [0.1, 0.15) is 35.1 Å². The van der Waals surface area contributed by atoms with Gasteiger partial charge in [-0.2, -0.15) is 13.2 Å². The molecule has 1 aliphatic heterocycles. The Bertz CT molecular complexity index is 1400. The molecule has 8 nitrogen and oxygen atoms in total. The van der Waals surface area contributed by atoms with E-state index in [9.17, 15) is 31.5 Å². The average Bonchev–Trinajstić information content (AvgIpc) is 3.39. The number of benzene rings is 3. The summed E-state index contributed by atoms with van der Waals surface area (Å²) in [4.78, 5) is 18.0. The molecular weight excluding hydrogens is 583 g/mol. The van der Waals surface area contributed by atoms with Crippen molar-refractivity contribution in [2.24, 2.45) is 0 Å². The van der Waals surface area contributed by atoms with Crippen molar-refractivity contribution in [1.82, 2.24) is 9.80 Å². The highest BCUT2D eigenvalue weighted by atomic mass is 32.2. The summed E-state index contributed by atoms with van der Waals surface area (Å²) in [6, 6.07) is 25.0. The van der Waals surface area contributed by atoms with E-state index in [1.807, 2.05) is 60.7 Å². The number of hydrogen-bond acceptors (Lipinski definition) is 6. The lowest BCUT2D eigenvalue weighted by molar-refractivity contribution is -0.172. The number of ether oxygens (including phenoxy) is 1. The second kappa shape index (κ2) is 14.3. The molecule has 232 valence electrons. The van der Waals surface area contributed by atoms with Gasteiger partial charge in [0.25, 0.3) is 0 Å². The third kappa shape index (κ3) is 9.52. The number of anilines is 1. The molecule has 1 saturated heterocycles. The Labute approximate surface area is 250 Å². The lowest BCUT2D eigenvalue weighted by Gasteiger charge is -2.35. The second-order valence-electron chi connectivity index (χ2n) is 10.6. The Morgan fingerprint density at radius 1 is 1.02 bits per heavy atom. The maximum Gasteiger partial charge on any atom is 0.411 e. The molecule has 1 aliphatic rings. The number of hydrogen-bond donors (Lipinski definition) is 2. The minimum atomic E-state index is -4.55. The summed E-state index contributed by atoms with van der Waals surface area (Å²) in [5.41, 5.74) is 2.53. The highest BCUT2D eigenvalue weighted by Gasteiger charge is 2.33. The van der Waals surface area contributed by atoms with Crippen molar-refractivity contribution in [3.8, 4) is 0 Å². The van der Waals surface area contributed by atoms with Gasteiger partial charge in [-0.05, 0) is 35.2 Å². The van der Waals surface area contributed by atoms with E-state index in [1.54, 1.807) is 30.1 Å². The monoisotopic (exact) mass is 619 g/mol. The molecule has 2 N–H and O–H groups in total. The Balaban J connectivity index is 1.60. The van der Waals surface area contributed by atoms with E-state index in [1.165, 1.54) is 6.07 Å². The highest BCUT2D eigenvalue weighted by Crippen LogP contribution is 2.32. The van der Waals surface area contributed by atoms with Crippen molar-refractivity contribution in [1.29, 1.82) is 0 Å². The van der Waals surface area contributed by atoms with Crippen LogP contribution in [0.5, 0.6) is 0 Å². The van der Waals surface area contributed by atoms with Crippen LogP contribution in [0.15, 0.2) is 84.9 Å². The second-order valence-corrected chi connectivity index (χ2v) is 12.5. The number of amides is 1. The van der Waals surface area contributed by atoms with Gasteiger partial charge in [0, 0.05) is 32.4 Å². The van der Waals surface area contributed by atoms with E-state index in [0.717, 1.165) is 11.1 Å². The van der Waals surface area contributed by atoms with Gasteiger partial charge in [-0.3, -0.25) is 14.4 Å². The fraction of sp³-hybridized carbons (Fsp3) is 0.387. The first-order chi connectivity index (χ1) is 20.4. The Kier molecular flexibility index (Phi) is 10.8. The molecule has 2 atom stereocenters. The van der Waals surface area contributed by atoms with Gasteiger partial charge in [0.15, 0.2) is 0 Å². The van der Waals surface area contributed by atoms with Gasteiger partial charge in [-0.1, -0.05) is 72.8 Å². The van der Waals surface area contributed by atoms with Gasteiger partial charge in [0.1, 0.15) is 6.61 Å². The number of carbonyl (C=O) groups excluding carboxylic acids is 1. The quantitative estimate of drug-likeness (QED) is 0.275. The minimum absolute atomic E-state index is 0.157. The molecule has 1 heterocycles. The van der Waals surface area contributed by atoms with E-state index in [2.05, 4.69) is 14.4 Å². The van der Waals surface area contributed by atoms with E-state index >= 15 is 0 Å². The van der Waals surface area contributed by atoms with Crippen LogP contribution in [0.25, 0.3) is 0 Å². The fourth-order valence-corrected chi connectivity index (χ4v) is 6.12. The minimum Gasteiger partial charge on any atom is -0.392 e. The van der Waals surface area contributed by atoms with Gasteiger partial charge in [-0.15, -0.1) is 0 Å². The summed E-state index contributed by atoms with van der Waals surface area (Å²) in [5, 5.41) is 10.1. The zero-order chi connectivity index (χ0) is 31.0. The predicted molar refractivity (Wildman–Crippen MR) is 158 cm³/mol. The number of β-amino-alcohol motifs (C(OH)–C–C–N with tert-alkyl or cyclic N) is 1. The van der Waals surface area contributed by atoms with Crippen LogP contribution in [0, 0.1) is 0 Å². The first-order valence-corrected chi connectivity index (χ1v) is 15.6. The molecule has 12 heteroatoms. The smallest absolute Gasteiger partial charge is 0.392 e. The predicted octanol–water partition coefficient (Wildman–Crippen LogP) is 4.41. The van der Waals surface area contributed by atoms with E-state index in [0.29, 0.717) is 31.6 Å². The summed E-state index contributed by atoms with van der Waals surface area (Å²) in [6.45, 7) is -0.657. The summed E-state index contributed by atoms with van der Waals surface area (Å²) in [6.07, 6.45) is -4.41. The maximum atomic E-state index is 14.3. The van der Waals surface area contributed by atoms with Gasteiger partial charge >= 0.3 is 6.18 Å². The molecule has 4 rings (SSSR count). The van der Waals surface area contributed by atoms with Gasteiger partial charge in [0.05, 0.1) is 30.4 Å². The summed E-state index contributed by atoms with van der Waals surface area (Å²) in [7, 11) is -2.30. The molecule has 3 aromatic rings. The molecule has 0 spiro atoms. The van der Waals surface area contributed by atoms with E-state index < -0.39 is 53.2 Å². The van der Waals surface area contributed by atoms with E-state index in [4.69, 9.17) is 0 Å². The first-order valence-electron chi connectivity index (χ1n) is 13.9. The van der Waals surface area contributed by atoms with Crippen LogP contribution >= 0.6 is 0 Å². The van der Waals surface area contributed by atoms with Crippen molar-refractivity contribution >= 4 is 21.6 Å². The Morgan fingerprint density at radius 2 is 1.63 bits per heavy atom. The molecule has 43 heavy (non-hydrogen) atoms. The largest absolute Gasteiger partial charge is 0.411 e. The maximum absolute atomic E-state index is 14.3. The van der Waals surface area contributed by atoms with Crippen LogP contribution in [-0.4, -0.2) is 87.2 Å². The number of carbonyl (C=O) groups is 1. The van der Waals surface area contributed by atoms with E-state index in [-0.39, 0.29) is 11.6 Å². The highest BCUT2D eigenvalue weighted by molar-refractivity contribution is 7.92. The van der Waals surface area contributed by atoms with Crippen LogP contribution in [0.2, 0.25) is 0 Å². The van der Waals surface area contributed by atoms with Crippen LogP contribution < -0.4 is 4.72 Å². The van der Waals surface area contributed by atoms with Crippen molar-refractivity contribution in [3.63, 3.8) is 0 Å². The number of nitrogens with one attached hydrogen (secondary N) is 1. The SMILES string of the molecule is CN(C(=O)C(c1ccccc1)c1ccccc1)C(CN1CCC(O)C1)c1cccc(NS(=O)(=O)CCOCC(F)(F)F)c1. The summed E-state index contributed by atoms with van der Waals surface area (Å²) >= 11 is 0. The first kappa shape index (κ1) is 32.5. The number of aliphatic hydroxyl groups is 1. The summed E-state index contributed by atoms with van der Waals surface area (Å²) in [5.74, 6) is -1.40. The van der Waals surface area contributed by atoms with Crippen molar-refractivity contribution in [3.05, 3.63) is 102 Å². The molecular formula is C31H36F3N3O5S. The normalized spacial score (nSPS) is 16.7. The van der Waals surface area contributed by atoms with Crippen molar-refractivity contribution < 1.29 is 36.2 Å². The fourth-order valence-electron chi connectivity index (χ4n) is 5.20. The van der Waals surface area contributed by atoms with Gasteiger partial charge in [0.2, 0.25) is 15.9 Å². The zero-order valence-electron chi connectivity index (χ0n) is 23.8. The number of alkyl halides is 3. The Hall–Kier alpha value is -3.45. The number of likely N-dealkylation sites (tertiary alicyclic amines) is 1. The molecule has 0 aromatic heterocycles. The lowest BCUT2D eigenvalue weighted by atomic mass is 9.89. The average molecular weight is 620 g/mol. The van der Waals surface area contributed by atoms with Crippen LogP contribution in [-0.2, 0) is 19.6 Å². The number of aliphatic hydroxyl groups excluding tert-OH is 1. The molecule has 1 amide bonds. The standard InChI is InChI=1S/C31H36F3N3O5S/c1-36(30(39)29(23-9-4-2-5-10-23)24-11-6-3-7-12-24)28(21-37-16-15-27(38)20-37)25-13-8-14-26(19-25)35-43(40,41)18-17-42-22-31(32,33)34/h2-14,19,27-29,35,38H,15-18,20-22H2,1H3. The molecule has 0 saturated carbocycles. The number of halogens is 3. The van der Waals surface area contributed by atoms with Crippen LogP contribution in [0.4, 0.5) is 18.9 Å². The molecule has 1 fully saturated rings. The van der Waals surface area contributed by atoms with Gasteiger partial charge in [-0.25, -0.2) is 8.42 Å². The molecule has 0 radical (unpaired) electrons. The molecule has 3 aromatic carbocycles. The Morgan fingerprint density at radius 3 is 2.19 bits per heavy atom.